The molecule has 0 heterocycles. The highest BCUT2D eigenvalue weighted by molar-refractivity contribution is 7.90. The molecule has 118 valence electrons. The Hall–Kier alpha value is -2.01. The van der Waals surface area contributed by atoms with Crippen LogP contribution in [-0.4, -0.2) is 25.7 Å². The Balaban J connectivity index is 2.20. The van der Waals surface area contributed by atoms with Crippen LogP contribution in [0, 0.1) is 0 Å². The van der Waals surface area contributed by atoms with Crippen LogP contribution in [0.5, 0.6) is 11.5 Å². The number of sulfone groups is 1. The minimum Gasteiger partial charge on any atom is -0.508 e. The second-order valence-corrected chi connectivity index (χ2v) is 7.97. The normalized spacial score (nSPS) is 12.1. The molecule has 0 saturated carbocycles. The molecule has 0 spiro atoms. The van der Waals surface area contributed by atoms with E-state index >= 15 is 0 Å². The summed E-state index contributed by atoms with van der Waals surface area (Å²) in [5.41, 5.74) is 1.92. The summed E-state index contributed by atoms with van der Waals surface area (Å²) >= 11 is 0. The standard InChI is InChI=1S/C17H20O4S/c1-17(2,13-4-8-15(18)9-5-13)14-6-10-16(11-7-14)21-12-22(3,19)20/h4-11,18H,12H2,1-3H3. The average Bonchev–Trinajstić information content (AvgIpc) is 2.45. The largest absolute Gasteiger partial charge is 0.508 e. The second-order valence-electron chi connectivity index (χ2n) is 5.88. The average molecular weight is 320 g/mol. The van der Waals surface area contributed by atoms with E-state index in [-0.39, 0.29) is 17.1 Å². The van der Waals surface area contributed by atoms with E-state index in [4.69, 9.17) is 4.74 Å². The molecule has 22 heavy (non-hydrogen) atoms. The maximum atomic E-state index is 11.1. The highest BCUT2D eigenvalue weighted by atomic mass is 32.2. The molecule has 0 radical (unpaired) electrons. The van der Waals surface area contributed by atoms with Gasteiger partial charge in [0.1, 0.15) is 11.5 Å². The van der Waals surface area contributed by atoms with Crippen molar-refractivity contribution in [2.45, 2.75) is 19.3 Å². The van der Waals surface area contributed by atoms with Gasteiger partial charge in [-0.2, -0.15) is 0 Å². The predicted molar refractivity (Wildman–Crippen MR) is 87.0 cm³/mol. The van der Waals surface area contributed by atoms with Crippen molar-refractivity contribution in [2.75, 3.05) is 12.2 Å². The summed E-state index contributed by atoms with van der Waals surface area (Å²) in [6, 6.07) is 14.5. The van der Waals surface area contributed by atoms with Gasteiger partial charge in [0, 0.05) is 11.7 Å². The number of phenols is 1. The van der Waals surface area contributed by atoms with E-state index in [0.717, 1.165) is 17.4 Å². The monoisotopic (exact) mass is 320 g/mol. The first-order valence-electron chi connectivity index (χ1n) is 6.89. The molecule has 0 fully saturated rings. The number of rotatable bonds is 5. The van der Waals surface area contributed by atoms with E-state index < -0.39 is 9.84 Å². The fourth-order valence-corrected chi connectivity index (χ4v) is 2.54. The van der Waals surface area contributed by atoms with Gasteiger partial charge in [-0.05, 0) is 35.4 Å². The Morgan fingerprint density at radius 3 is 1.86 bits per heavy atom. The van der Waals surface area contributed by atoms with E-state index in [1.54, 1.807) is 24.3 Å². The third-order valence-corrected chi connectivity index (χ3v) is 4.15. The summed E-state index contributed by atoms with van der Waals surface area (Å²) in [4.78, 5) is 0. The van der Waals surface area contributed by atoms with Crippen molar-refractivity contribution in [1.82, 2.24) is 0 Å². The van der Waals surface area contributed by atoms with Crippen LogP contribution in [0.1, 0.15) is 25.0 Å². The molecular formula is C17H20O4S. The van der Waals surface area contributed by atoms with Gasteiger partial charge < -0.3 is 9.84 Å². The van der Waals surface area contributed by atoms with Crippen molar-refractivity contribution in [3.05, 3.63) is 59.7 Å². The fourth-order valence-electron chi connectivity index (χ4n) is 2.19. The molecule has 2 aromatic rings. The van der Waals surface area contributed by atoms with E-state index in [2.05, 4.69) is 13.8 Å². The number of ether oxygens (including phenoxy) is 1. The van der Waals surface area contributed by atoms with E-state index in [1.165, 1.54) is 0 Å². The predicted octanol–water partition coefficient (Wildman–Crippen LogP) is 3.10. The Kier molecular flexibility index (Phi) is 4.47. The summed E-state index contributed by atoms with van der Waals surface area (Å²) in [7, 11) is -3.15. The van der Waals surface area contributed by atoms with Gasteiger partial charge in [0.2, 0.25) is 0 Å². The Bertz CT molecular complexity index is 729. The molecule has 0 amide bonds. The molecule has 2 rings (SSSR count). The molecule has 5 heteroatoms. The quantitative estimate of drug-likeness (QED) is 0.919. The van der Waals surface area contributed by atoms with Gasteiger partial charge in [-0.3, -0.25) is 0 Å². The zero-order valence-electron chi connectivity index (χ0n) is 12.9. The zero-order chi connectivity index (χ0) is 16.4. The van der Waals surface area contributed by atoms with Gasteiger partial charge in [-0.25, -0.2) is 8.42 Å². The minimum absolute atomic E-state index is 0.233. The summed E-state index contributed by atoms with van der Waals surface area (Å²) in [5, 5.41) is 9.39. The first-order valence-corrected chi connectivity index (χ1v) is 8.95. The summed E-state index contributed by atoms with van der Waals surface area (Å²) in [6.45, 7) is 4.18. The van der Waals surface area contributed by atoms with Gasteiger partial charge in [-0.1, -0.05) is 38.1 Å². The van der Waals surface area contributed by atoms with E-state index in [0.29, 0.717) is 5.75 Å². The zero-order valence-corrected chi connectivity index (χ0v) is 13.7. The van der Waals surface area contributed by atoms with E-state index in [1.807, 2.05) is 24.3 Å². The summed E-state index contributed by atoms with van der Waals surface area (Å²) < 4.78 is 27.4. The second kappa shape index (κ2) is 6.01. The molecule has 0 saturated heterocycles. The molecular weight excluding hydrogens is 300 g/mol. The maximum Gasteiger partial charge on any atom is 0.188 e. The smallest absolute Gasteiger partial charge is 0.188 e. The molecule has 0 bridgehead atoms. The number of hydrogen-bond donors (Lipinski definition) is 1. The molecule has 0 unspecified atom stereocenters. The van der Waals surface area contributed by atoms with Gasteiger partial charge >= 0.3 is 0 Å². The molecule has 0 aliphatic carbocycles. The van der Waals surface area contributed by atoms with Crippen LogP contribution in [0.3, 0.4) is 0 Å². The minimum atomic E-state index is -3.15. The van der Waals surface area contributed by atoms with Crippen LogP contribution < -0.4 is 4.74 Å². The van der Waals surface area contributed by atoms with Gasteiger partial charge in [0.25, 0.3) is 0 Å². The third kappa shape index (κ3) is 4.01. The SMILES string of the molecule is CC(C)(c1ccc(O)cc1)c1ccc(OCS(C)(=O)=O)cc1. The maximum absolute atomic E-state index is 11.1. The number of phenolic OH excluding ortho intramolecular Hbond substituents is 1. The fraction of sp³-hybridized carbons (Fsp3) is 0.294. The van der Waals surface area contributed by atoms with Crippen LogP contribution >= 0.6 is 0 Å². The first-order chi connectivity index (χ1) is 10.2. The van der Waals surface area contributed by atoms with Crippen LogP contribution in [0.15, 0.2) is 48.5 Å². The molecule has 0 aromatic heterocycles. The summed E-state index contributed by atoms with van der Waals surface area (Å²) in [6.07, 6.45) is 1.13. The lowest BCUT2D eigenvalue weighted by Gasteiger charge is -2.26. The van der Waals surface area contributed by atoms with Crippen molar-refractivity contribution in [3.8, 4) is 11.5 Å². The Labute approximate surface area is 131 Å². The molecule has 2 aromatic carbocycles. The van der Waals surface area contributed by atoms with Crippen molar-refractivity contribution in [2.24, 2.45) is 0 Å². The Morgan fingerprint density at radius 1 is 0.955 bits per heavy atom. The van der Waals surface area contributed by atoms with Crippen LogP contribution in [0.25, 0.3) is 0 Å². The number of hydrogen-bond acceptors (Lipinski definition) is 4. The Morgan fingerprint density at radius 2 is 1.41 bits per heavy atom. The van der Waals surface area contributed by atoms with Crippen LogP contribution in [-0.2, 0) is 15.3 Å². The molecule has 0 aliphatic heterocycles. The van der Waals surface area contributed by atoms with Crippen molar-refractivity contribution < 1.29 is 18.3 Å². The van der Waals surface area contributed by atoms with E-state index in [9.17, 15) is 13.5 Å². The summed E-state index contributed by atoms with van der Waals surface area (Å²) in [5.74, 6) is 0.438. The molecule has 0 aliphatic rings. The van der Waals surface area contributed by atoms with Gasteiger partial charge in [-0.15, -0.1) is 0 Å². The lowest BCUT2D eigenvalue weighted by Crippen LogP contribution is -2.18. The topological polar surface area (TPSA) is 63.6 Å². The van der Waals surface area contributed by atoms with Crippen molar-refractivity contribution in [3.63, 3.8) is 0 Å². The van der Waals surface area contributed by atoms with Gasteiger partial charge in [0.05, 0.1) is 0 Å². The highest BCUT2D eigenvalue weighted by Crippen LogP contribution is 2.33. The third-order valence-electron chi connectivity index (χ3n) is 3.60. The molecule has 1 N–H and O–H groups in total. The molecule has 4 nitrogen and oxygen atoms in total. The number of aromatic hydroxyl groups is 1. The van der Waals surface area contributed by atoms with Crippen LogP contribution in [0.4, 0.5) is 0 Å². The lowest BCUT2D eigenvalue weighted by molar-refractivity contribution is 0.377. The van der Waals surface area contributed by atoms with Crippen molar-refractivity contribution >= 4 is 9.84 Å². The first kappa shape index (κ1) is 16.4. The molecule has 0 atom stereocenters. The van der Waals surface area contributed by atoms with Gasteiger partial charge in [0.15, 0.2) is 15.8 Å². The highest BCUT2D eigenvalue weighted by Gasteiger charge is 2.23. The van der Waals surface area contributed by atoms with Crippen LogP contribution in [0.2, 0.25) is 0 Å². The van der Waals surface area contributed by atoms with Crippen molar-refractivity contribution in [1.29, 1.82) is 0 Å². The lowest BCUT2D eigenvalue weighted by atomic mass is 9.78. The number of benzene rings is 2.